The topological polar surface area (TPSA) is 81.1 Å². The number of hydrogen-bond donors (Lipinski definition) is 3. The van der Waals surface area contributed by atoms with Crippen LogP contribution in [0.25, 0.3) is 0 Å². The second-order valence-electron chi connectivity index (χ2n) is 3.13. The van der Waals surface area contributed by atoms with Crippen LogP contribution >= 0.6 is 36.6 Å². The van der Waals surface area contributed by atoms with Crippen molar-refractivity contribution in [2.24, 2.45) is 5.73 Å². The van der Waals surface area contributed by atoms with Crippen molar-refractivity contribution in [2.75, 3.05) is 16.8 Å². The highest BCUT2D eigenvalue weighted by molar-refractivity contribution is 7.99. The Hall–Kier alpha value is -0.620. The summed E-state index contributed by atoms with van der Waals surface area (Å²) in [6, 6.07) is 4.99. The van der Waals surface area contributed by atoms with Gasteiger partial charge in [0.1, 0.15) is 0 Å². The van der Waals surface area contributed by atoms with Gasteiger partial charge >= 0.3 is 0 Å². The lowest BCUT2D eigenvalue weighted by molar-refractivity contribution is -0.116. The van der Waals surface area contributed by atoms with E-state index in [9.17, 15) is 4.79 Å². The fourth-order valence-corrected chi connectivity index (χ4v) is 2.30. The number of nitrogen functional groups attached to an aromatic ring is 1. The summed E-state index contributed by atoms with van der Waals surface area (Å²) in [6.45, 7) is 0. The van der Waals surface area contributed by atoms with E-state index in [1.165, 1.54) is 11.8 Å². The average Bonchev–Trinajstić information content (AvgIpc) is 2.29. The molecule has 1 aliphatic heterocycles. The molecule has 0 unspecified atom stereocenters. The molecule has 0 aromatic heterocycles. The number of nitrogens with one attached hydrogen (secondary N) is 1. The Morgan fingerprint density at radius 2 is 2.06 bits per heavy atom. The molecule has 1 aromatic rings. The molecular formula is C9H13Cl2N3OS. The third-order valence-electron chi connectivity index (χ3n) is 2.05. The number of rotatable bonds is 0. The first kappa shape index (κ1) is 15.4. The summed E-state index contributed by atoms with van der Waals surface area (Å²) < 4.78 is 0. The fourth-order valence-electron chi connectivity index (χ4n) is 1.29. The van der Waals surface area contributed by atoms with Crippen LogP contribution in [0.2, 0.25) is 0 Å². The minimum Gasteiger partial charge on any atom is -0.398 e. The summed E-state index contributed by atoms with van der Waals surface area (Å²) >= 11 is 1.51. The lowest BCUT2D eigenvalue weighted by Crippen LogP contribution is -2.36. The second kappa shape index (κ2) is 6.20. The highest BCUT2D eigenvalue weighted by atomic mass is 35.5. The number of thioether (sulfide) groups is 1. The van der Waals surface area contributed by atoms with Crippen molar-refractivity contribution in [3.63, 3.8) is 0 Å². The third kappa shape index (κ3) is 2.95. The Morgan fingerprint density at radius 1 is 1.38 bits per heavy atom. The molecule has 1 aliphatic rings. The highest BCUT2D eigenvalue weighted by Gasteiger charge is 2.21. The van der Waals surface area contributed by atoms with E-state index in [1.54, 1.807) is 0 Å². The molecule has 16 heavy (non-hydrogen) atoms. The van der Waals surface area contributed by atoms with Gasteiger partial charge in [-0.05, 0) is 12.1 Å². The van der Waals surface area contributed by atoms with Crippen molar-refractivity contribution in [3.8, 4) is 0 Å². The van der Waals surface area contributed by atoms with Gasteiger partial charge < -0.3 is 16.8 Å². The van der Waals surface area contributed by atoms with Crippen molar-refractivity contribution in [1.29, 1.82) is 0 Å². The summed E-state index contributed by atoms with van der Waals surface area (Å²) in [5.41, 5.74) is 12.9. The summed E-state index contributed by atoms with van der Waals surface area (Å²) in [4.78, 5) is 12.3. The van der Waals surface area contributed by atoms with Crippen LogP contribution in [0.4, 0.5) is 11.4 Å². The van der Waals surface area contributed by atoms with Gasteiger partial charge in [0, 0.05) is 11.4 Å². The van der Waals surface area contributed by atoms with E-state index >= 15 is 0 Å². The van der Waals surface area contributed by atoms with Gasteiger partial charge in [0.2, 0.25) is 5.91 Å². The van der Waals surface area contributed by atoms with E-state index < -0.39 is 6.04 Å². The largest absolute Gasteiger partial charge is 0.398 e. The quantitative estimate of drug-likeness (QED) is 0.630. The Morgan fingerprint density at radius 3 is 2.75 bits per heavy atom. The van der Waals surface area contributed by atoms with E-state index in [4.69, 9.17) is 11.5 Å². The van der Waals surface area contributed by atoms with Crippen molar-refractivity contribution in [2.45, 2.75) is 10.9 Å². The van der Waals surface area contributed by atoms with E-state index in [0.717, 1.165) is 10.6 Å². The van der Waals surface area contributed by atoms with Crippen LogP contribution in [0.5, 0.6) is 0 Å². The van der Waals surface area contributed by atoms with Gasteiger partial charge in [-0.1, -0.05) is 6.07 Å². The molecule has 0 aliphatic carbocycles. The van der Waals surface area contributed by atoms with Crippen molar-refractivity contribution < 1.29 is 4.79 Å². The van der Waals surface area contributed by atoms with Gasteiger partial charge in [0.25, 0.3) is 0 Å². The van der Waals surface area contributed by atoms with Gasteiger partial charge in [0.15, 0.2) is 0 Å². The number of benzene rings is 1. The van der Waals surface area contributed by atoms with Crippen LogP contribution in [0.1, 0.15) is 0 Å². The highest BCUT2D eigenvalue weighted by Crippen LogP contribution is 2.34. The molecule has 0 bridgehead atoms. The zero-order valence-corrected chi connectivity index (χ0v) is 10.8. The third-order valence-corrected chi connectivity index (χ3v) is 3.32. The standard InChI is InChI=1S/C9H11N3OS.2ClH/c10-5-2-1-3-7-8(5)14-4-6(11)9(13)12-7;;/h1-3,6H,4,10-11H2,(H,12,13);2*1H/t6-;;/m0../s1. The fraction of sp³-hybridized carbons (Fsp3) is 0.222. The molecule has 0 saturated carbocycles. The van der Waals surface area contributed by atoms with Crippen molar-refractivity contribution in [3.05, 3.63) is 18.2 Å². The van der Waals surface area contributed by atoms with Crippen LogP contribution in [0.3, 0.4) is 0 Å². The molecule has 0 saturated heterocycles. The molecule has 1 heterocycles. The van der Waals surface area contributed by atoms with Gasteiger partial charge in [-0.2, -0.15) is 0 Å². The Balaban J connectivity index is 0.00000112. The van der Waals surface area contributed by atoms with E-state index in [0.29, 0.717) is 11.4 Å². The molecule has 90 valence electrons. The Kier molecular flexibility index (Phi) is 5.96. The van der Waals surface area contributed by atoms with Crippen molar-refractivity contribution in [1.82, 2.24) is 0 Å². The van der Waals surface area contributed by atoms with E-state index in [-0.39, 0.29) is 30.7 Å². The minimum absolute atomic E-state index is 0. The molecule has 2 rings (SSSR count). The zero-order valence-electron chi connectivity index (χ0n) is 8.30. The number of fused-ring (bicyclic) bond motifs is 1. The number of halogens is 2. The molecular weight excluding hydrogens is 269 g/mol. The van der Waals surface area contributed by atoms with Crippen LogP contribution < -0.4 is 16.8 Å². The second-order valence-corrected chi connectivity index (χ2v) is 4.16. The average molecular weight is 282 g/mol. The van der Waals surface area contributed by atoms with Gasteiger partial charge in [0.05, 0.1) is 16.6 Å². The first-order valence-electron chi connectivity index (χ1n) is 4.26. The maximum atomic E-state index is 11.4. The number of amides is 1. The molecule has 0 radical (unpaired) electrons. The molecule has 4 nitrogen and oxygen atoms in total. The van der Waals surface area contributed by atoms with Gasteiger partial charge in [-0.15, -0.1) is 36.6 Å². The number of hydrogen-bond acceptors (Lipinski definition) is 4. The Bertz CT molecular complexity index is 389. The summed E-state index contributed by atoms with van der Waals surface area (Å²) in [5.74, 6) is 0.411. The molecule has 0 fully saturated rings. The van der Waals surface area contributed by atoms with Crippen LogP contribution in [-0.2, 0) is 4.79 Å². The van der Waals surface area contributed by atoms with Crippen molar-refractivity contribution >= 4 is 53.9 Å². The minimum atomic E-state index is -0.466. The number of carbonyl (C=O) groups excluding carboxylic acids is 1. The van der Waals surface area contributed by atoms with Crippen LogP contribution in [0, 0.1) is 0 Å². The molecule has 0 spiro atoms. The smallest absolute Gasteiger partial charge is 0.242 e. The molecule has 1 amide bonds. The monoisotopic (exact) mass is 281 g/mol. The van der Waals surface area contributed by atoms with E-state index in [1.807, 2.05) is 18.2 Å². The number of carbonyl (C=O) groups is 1. The van der Waals surface area contributed by atoms with E-state index in [2.05, 4.69) is 5.32 Å². The number of nitrogens with two attached hydrogens (primary N) is 2. The zero-order chi connectivity index (χ0) is 10.1. The summed E-state index contributed by atoms with van der Waals surface area (Å²) in [7, 11) is 0. The lowest BCUT2D eigenvalue weighted by atomic mass is 10.2. The summed E-state index contributed by atoms with van der Waals surface area (Å²) in [6.07, 6.45) is 0. The molecule has 1 atom stereocenters. The SMILES string of the molecule is Cl.Cl.Nc1cccc2c1SC[C@H](N)C(=O)N2. The normalized spacial score (nSPS) is 18.3. The maximum Gasteiger partial charge on any atom is 0.242 e. The van der Waals surface area contributed by atoms with Gasteiger partial charge in [-0.25, -0.2) is 0 Å². The molecule has 7 heteroatoms. The Labute approximate surface area is 110 Å². The first-order chi connectivity index (χ1) is 6.68. The number of anilines is 2. The predicted octanol–water partition coefficient (Wildman–Crippen LogP) is 1.48. The lowest BCUT2D eigenvalue weighted by Gasteiger charge is -2.07. The first-order valence-corrected chi connectivity index (χ1v) is 5.25. The predicted molar refractivity (Wildman–Crippen MR) is 72.7 cm³/mol. The molecule has 1 aromatic carbocycles. The van der Waals surface area contributed by atoms with Gasteiger partial charge in [-0.3, -0.25) is 4.79 Å². The van der Waals surface area contributed by atoms with Crippen LogP contribution in [-0.4, -0.2) is 17.7 Å². The maximum absolute atomic E-state index is 11.4. The summed E-state index contributed by atoms with van der Waals surface area (Å²) in [5, 5.41) is 2.75. The molecule has 5 N–H and O–H groups in total. The van der Waals surface area contributed by atoms with Crippen LogP contribution in [0.15, 0.2) is 23.1 Å².